The number of anilines is 1. The molecule has 0 unspecified atom stereocenters. The molecule has 0 spiro atoms. The van der Waals surface area contributed by atoms with Crippen LogP contribution in [0.5, 0.6) is 0 Å². The first-order chi connectivity index (χ1) is 8.44. The molecule has 0 radical (unpaired) electrons. The largest absolute Gasteiger partial charge is 0.444 e. The van der Waals surface area contributed by atoms with E-state index in [2.05, 4.69) is 10.3 Å². The summed E-state index contributed by atoms with van der Waals surface area (Å²) in [5.74, 6) is 0. The lowest BCUT2D eigenvalue weighted by Crippen LogP contribution is -2.36. The third kappa shape index (κ3) is 3.60. The lowest BCUT2D eigenvalue weighted by Gasteiger charge is -2.24. The zero-order valence-corrected chi connectivity index (χ0v) is 11.8. The normalized spacial score (nSPS) is 19.9. The molecule has 0 aromatic carbocycles. The number of amides is 1. The average molecular weight is 269 g/mol. The maximum Gasteiger partial charge on any atom is 0.410 e. The van der Waals surface area contributed by atoms with Gasteiger partial charge in [0.1, 0.15) is 5.60 Å². The molecule has 1 atom stereocenters. The third-order valence-electron chi connectivity index (χ3n) is 2.60. The van der Waals surface area contributed by atoms with Crippen LogP contribution in [-0.4, -0.2) is 40.7 Å². The summed E-state index contributed by atoms with van der Waals surface area (Å²) in [5, 5.41) is 6.17. The quantitative estimate of drug-likeness (QED) is 0.896. The van der Waals surface area contributed by atoms with Gasteiger partial charge in [0.2, 0.25) is 0 Å². The van der Waals surface area contributed by atoms with Gasteiger partial charge in [0, 0.05) is 30.7 Å². The zero-order chi connectivity index (χ0) is 13.2. The van der Waals surface area contributed by atoms with Crippen molar-refractivity contribution in [3.8, 4) is 0 Å². The van der Waals surface area contributed by atoms with Crippen molar-refractivity contribution < 1.29 is 9.53 Å². The molecule has 5 nitrogen and oxygen atoms in total. The highest BCUT2D eigenvalue weighted by atomic mass is 32.1. The van der Waals surface area contributed by atoms with Gasteiger partial charge in [-0.2, -0.15) is 0 Å². The molecule has 1 fully saturated rings. The van der Waals surface area contributed by atoms with Crippen LogP contribution in [0.2, 0.25) is 0 Å². The molecule has 2 heterocycles. The molecule has 0 saturated carbocycles. The van der Waals surface area contributed by atoms with E-state index in [1.54, 1.807) is 22.4 Å². The fourth-order valence-corrected chi connectivity index (χ4v) is 2.45. The summed E-state index contributed by atoms with van der Waals surface area (Å²) in [7, 11) is 0. The Morgan fingerprint density at radius 1 is 1.61 bits per heavy atom. The molecule has 1 aliphatic heterocycles. The van der Waals surface area contributed by atoms with E-state index in [-0.39, 0.29) is 12.1 Å². The Balaban J connectivity index is 1.83. The summed E-state index contributed by atoms with van der Waals surface area (Å²) in [5.41, 5.74) is -0.433. The maximum atomic E-state index is 11.9. The molecule has 0 aliphatic carbocycles. The first-order valence-electron chi connectivity index (χ1n) is 6.08. The Labute approximate surface area is 111 Å². The number of aromatic nitrogens is 1. The molecule has 1 saturated heterocycles. The van der Waals surface area contributed by atoms with Crippen LogP contribution in [-0.2, 0) is 4.74 Å². The van der Waals surface area contributed by atoms with Gasteiger partial charge in [0.15, 0.2) is 5.13 Å². The summed E-state index contributed by atoms with van der Waals surface area (Å²) < 4.78 is 5.35. The van der Waals surface area contributed by atoms with Crippen LogP contribution < -0.4 is 5.32 Å². The summed E-state index contributed by atoms with van der Waals surface area (Å²) in [6.45, 7) is 7.05. The standard InChI is InChI=1S/C12H19N3O2S/c1-12(2,3)17-11(16)15-6-4-9(8-15)14-10-13-5-7-18-10/h5,7,9H,4,6,8H2,1-3H3,(H,13,14)/t9-/m1/s1. The third-order valence-corrected chi connectivity index (χ3v) is 3.30. The molecule has 100 valence electrons. The van der Waals surface area contributed by atoms with Gasteiger partial charge in [0.25, 0.3) is 0 Å². The molecule has 2 rings (SSSR count). The molecule has 6 heteroatoms. The smallest absolute Gasteiger partial charge is 0.410 e. The molecule has 18 heavy (non-hydrogen) atoms. The maximum absolute atomic E-state index is 11.9. The fraction of sp³-hybridized carbons (Fsp3) is 0.667. The number of carbonyl (C=O) groups excluding carboxylic acids is 1. The molecule has 1 aromatic rings. The summed E-state index contributed by atoms with van der Waals surface area (Å²) in [6, 6.07) is 0.267. The van der Waals surface area contributed by atoms with Gasteiger partial charge in [0.05, 0.1) is 0 Å². The first kappa shape index (κ1) is 13.1. The van der Waals surface area contributed by atoms with Crippen molar-refractivity contribution in [3.63, 3.8) is 0 Å². The van der Waals surface area contributed by atoms with Gasteiger partial charge in [-0.15, -0.1) is 11.3 Å². The molecule has 1 aliphatic rings. The fourth-order valence-electron chi connectivity index (χ4n) is 1.84. The van der Waals surface area contributed by atoms with Gasteiger partial charge in [-0.25, -0.2) is 9.78 Å². The van der Waals surface area contributed by atoms with Crippen LogP contribution in [0.25, 0.3) is 0 Å². The van der Waals surface area contributed by atoms with Gasteiger partial charge in [-0.3, -0.25) is 0 Å². The monoisotopic (exact) mass is 269 g/mol. The minimum absolute atomic E-state index is 0.231. The van der Waals surface area contributed by atoms with Crippen LogP contribution in [0.3, 0.4) is 0 Å². The Morgan fingerprint density at radius 2 is 2.39 bits per heavy atom. The van der Waals surface area contributed by atoms with E-state index in [9.17, 15) is 4.79 Å². The first-order valence-corrected chi connectivity index (χ1v) is 6.96. The Kier molecular flexibility index (Phi) is 3.75. The highest BCUT2D eigenvalue weighted by Gasteiger charge is 2.29. The number of ether oxygens (including phenoxy) is 1. The van der Waals surface area contributed by atoms with Crippen LogP contribution in [0.1, 0.15) is 27.2 Å². The Morgan fingerprint density at radius 3 is 3.00 bits per heavy atom. The highest BCUT2D eigenvalue weighted by molar-refractivity contribution is 7.13. The minimum atomic E-state index is -0.433. The second kappa shape index (κ2) is 5.14. The van der Waals surface area contributed by atoms with E-state index in [0.29, 0.717) is 6.54 Å². The molecule has 1 amide bonds. The summed E-state index contributed by atoms with van der Waals surface area (Å²) in [6.07, 6.45) is 2.47. The topological polar surface area (TPSA) is 54.5 Å². The second-order valence-electron chi connectivity index (χ2n) is 5.39. The van der Waals surface area contributed by atoms with Crippen LogP contribution >= 0.6 is 11.3 Å². The van der Waals surface area contributed by atoms with Crippen LogP contribution in [0, 0.1) is 0 Å². The lowest BCUT2D eigenvalue weighted by atomic mass is 10.2. The minimum Gasteiger partial charge on any atom is -0.444 e. The molecule has 1 N–H and O–H groups in total. The number of nitrogens with one attached hydrogen (secondary N) is 1. The molecule has 1 aromatic heterocycles. The van der Waals surface area contributed by atoms with E-state index in [0.717, 1.165) is 18.1 Å². The van der Waals surface area contributed by atoms with E-state index in [4.69, 9.17) is 4.74 Å². The van der Waals surface area contributed by atoms with E-state index in [1.807, 2.05) is 26.2 Å². The molecular weight excluding hydrogens is 250 g/mol. The SMILES string of the molecule is CC(C)(C)OC(=O)N1CC[C@@H](Nc2nccs2)C1. The van der Waals surface area contributed by atoms with Gasteiger partial charge in [-0.05, 0) is 27.2 Å². The zero-order valence-electron chi connectivity index (χ0n) is 11.0. The van der Waals surface area contributed by atoms with Gasteiger partial charge in [-0.1, -0.05) is 0 Å². The van der Waals surface area contributed by atoms with E-state index < -0.39 is 5.60 Å². The van der Waals surface area contributed by atoms with Gasteiger partial charge < -0.3 is 15.0 Å². The molecule has 0 bridgehead atoms. The van der Waals surface area contributed by atoms with Crippen molar-refractivity contribution in [3.05, 3.63) is 11.6 Å². The highest BCUT2D eigenvalue weighted by Crippen LogP contribution is 2.19. The van der Waals surface area contributed by atoms with Crippen LogP contribution in [0.15, 0.2) is 11.6 Å². The van der Waals surface area contributed by atoms with E-state index >= 15 is 0 Å². The van der Waals surface area contributed by atoms with Crippen molar-refractivity contribution in [2.75, 3.05) is 18.4 Å². The van der Waals surface area contributed by atoms with Crippen molar-refractivity contribution in [1.82, 2.24) is 9.88 Å². The van der Waals surface area contributed by atoms with Crippen molar-refractivity contribution in [2.45, 2.75) is 38.8 Å². The number of thiazole rings is 1. The number of carbonyl (C=O) groups is 1. The van der Waals surface area contributed by atoms with Gasteiger partial charge >= 0.3 is 6.09 Å². The Bertz CT molecular complexity index is 400. The summed E-state index contributed by atoms with van der Waals surface area (Å²) in [4.78, 5) is 17.8. The predicted octanol–water partition coefficient (Wildman–Crippen LogP) is 2.56. The van der Waals surface area contributed by atoms with Crippen LogP contribution in [0.4, 0.5) is 9.93 Å². The van der Waals surface area contributed by atoms with E-state index in [1.165, 1.54) is 0 Å². The number of hydrogen-bond acceptors (Lipinski definition) is 5. The number of rotatable bonds is 2. The number of likely N-dealkylation sites (tertiary alicyclic amines) is 1. The predicted molar refractivity (Wildman–Crippen MR) is 71.9 cm³/mol. The van der Waals surface area contributed by atoms with Crippen molar-refractivity contribution in [1.29, 1.82) is 0 Å². The summed E-state index contributed by atoms with van der Waals surface area (Å²) >= 11 is 1.57. The number of hydrogen-bond donors (Lipinski definition) is 1. The Hall–Kier alpha value is -1.30. The second-order valence-corrected chi connectivity index (χ2v) is 6.29. The number of nitrogens with zero attached hydrogens (tertiary/aromatic N) is 2. The van der Waals surface area contributed by atoms with Crippen molar-refractivity contribution in [2.24, 2.45) is 0 Å². The average Bonchev–Trinajstić information content (AvgIpc) is 2.86. The van der Waals surface area contributed by atoms with Crippen molar-refractivity contribution >= 4 is 22.6 Å². The molecular formula is C12H19N3O2S. The lowest BCUT2D eigenvalue weighted by molar-refractivity contribution is 0.0293.